The highest BCUT2D eigenvalue weighted by molar-refractivity contribution is 6.14. The molecule has 0 bridgehead atoms. The van der Waals surface area contributed by atoms with Gasteiger partial charge in [0.1, 0.15) is 0 Å². The number of rotatable bonds is 5. The molecular weight excluding hydrogens is 556 g/mol. The lowest BCUT2D eigenvalue weighted by molar-refractivity contribution is 1.17. The van der Waals surface area contributed by atoms with Gasteiger partial charge in [0.25, 0.3) is 0 Å². The van der Waals surface area contributed by atoms with Gasteiger partial charge in [-0.3, -0.25) is 0 Å². The van der Waals surface area contributed by atoms with E-state index in [-0.39, 0.29) is 0 Å². The standard InChI is InChI=1S/C44H30N2/c1-2-14-33(15-3-1)38-25-13-26-40-39-24-8-9-27-43(39)46(44(38)40)35-21-12-20-34(30-35)45(41-28-10-18-31-16-4-6-22-36(31)41)42-29-11-19-32-17-5-7-23-37(32)42/h1-30H. The summed E-state index contributed by atoms with van der Waals surface area (Å²) in [6.07, 6.45) is 0. The van der Waals surface area contributed by atoms with Gasteiger partial charge in [0, 0.05) is 38.5 Å². The van der Waals surface area contributed by atoms with Crippen LogP contribution in [-0.2, 0) is 0 Å². The van der Waals surface area contributed by atoms with Crippen LogP contribution in [0, 0.1) is 0 Å². The Bertz CT molecular complexity index is 2450. The summed E-state index contributed by atoms with van der Waals surface area (Å²) in [6, 6.07) is 65.7. The Labute approximate surface area is 268 Å². The minimum absolute atomic E-state index is 1.10. The predicted octanol–water partition coefficient (Wildman–Crippen LogP) is 12.2. The summed E-state index contributed by atoms with van der Waals surface area (Å²) in [5, 5.41) is 7.37. The zero-order chi connectivity index (χ0) is 30.5. The highest BCUT2D eigenvalue weighted by Gasteiger charge is 2.20. The maximum atomic E-state index is 2.45. The Kier molecular flexibility index (Phi) is 6.17. The van der Waals surface area contributed by atoms with Crippen LogP contribution in [0.4, 0.5) is 17.1 Å². The number of hydrogen-bond acceptors (Lipinski definition) is 1. The van der Waals surface area contributed by atoms with Crippen molar-refractivity contribution in [3.05, 3.63) is 182 Å². The van der Waals surface area contributed by atoms with Crippen molar-refractivity contribution in [2.75, 3.05) is 4.90 Å². The highest BCUT2D eigenvalue weighted by atomic mass is 15.1. The first kappa shape index (κ1) is 26.3. The van der Waals surface area contributed by atoms with Crippen LogP contribution in [-0.4, -0.2) is 4.57 Å². The summed E-state index contributed by atoms with van der Waals surface area (Å²) in [4.78, 5) is 2.43. The zero-order valence-corrected chi connectivity index (χ0v) is 25.2. The molecule has 9 rings (SSSR count). The molecule has 0 radical (unpaired) electrons. The fourth-order valence-corrected chi connectivity index (χ4v) is 7.12. The normalized spacial score (nSPS) is 11.5. The van der Waals surface area contributed by atoms with Crippen LogP contribution in [0.15, 0.2) is 182 Å². The second-order valence-corrected chi connectivity index (χ2v) is 11.8. The molecule has 8 aromatic carbocycles. The third-order valence-corrected chi connectivity index (χ3v) is 9.14. The minimum atomic E-state index is 1.10. The van der Waals surface area contributed by atoms with Crippen LogP contribution in [0.3, 0.4) is 0 Å². The van der Waals surface area contributed by atoms with Gasteiger partial charge in [0.05, 0.1) is 22.4 Å². The average molecular weight is 587 g/mol. The van der Waals surface area contributed by atoms with Crippen molar-refractivity contribution in [3.63, 3.8) is 0 Å². The van der Waals surface area contributed by atoms with Gasteiger partial charge in [0.2, 0.25) is 0 Å². The number of nitrogens with zero attached hydrogens (tertiary/aromatic N) is 2. The van der Waals surface area contributed by atoms with E-state index in [9.17, 15) is 0 Å². The van der Waals surface area contributed by atoms with E-state index in [0.29, 0.717) is 0 Å². The topological polar surface area (TPSA) is 8.17 Å². The number of para-hydroxylation sites is 2. The van der Waals surface area contributed by atoms with Gasteiger partial charge < -0.3 is 9.47 Å². The van der Waals surface area contributed by atoms with E-state index >= 15 is 0 Å². The highest BCUT2D eigenvalue weighted by Crippen LogP contribution is 2.44. The molecule has 0 unspecified atom stereocenters. The first-order chi connectivity index (χ1) is 22.8. The summed E-state index contributed by atoms with van der Waals surface area (Å²) >= 11 is 0. The molecule has 0 amide bonds. The van der Waals surface area contributed by atoms with Crippen LogP contribution in [0.1, 0.15) is 0 Å². The second-order valence-electron chi connectivity index (χ2n) is 11.8. The number of benzene rings is 8. The lowest BCUT2D eigenvalue weighted by Crippen LogP contribution is -2.11. The Morgan fingerprint density at radius 2 is 0.935 bits per heavy atom. The fourth-order valence-electron chi connectivity index (χ4n) is 7.12. The maximum absolute atomic E-state index is 2.45. The first-order valence-electron chi connectivity index (χ1n) is 15.8. The molecule has 0 atom stereocenters. The molecule has 1 heterocycles. The first-order valence-corrected chi connectivity index (χ1v) is 15.8. The number of fused-ring (bicyclic) bond motifs is 5. The van der Waals surface area contributed by atoms with Gasteiger partial charge in [-0.2, -0.15) is 0 Å². The van der Waals surface area contributed by atoms with Crippen molar-refractivity contribution >= 4 is 60.4 Å². The molecule has 0 aliphatic heterocycles. The van der Waals surface area contributed by atoms with Gasteiger partial charge in [-0.1, -0.05) is 146 Å². The van der Waals surface area contributed by atoms with Crippen LogP contribution in [0.2, 0.25) is 0 Å². The van der Waals surface area contributed by atoms with Crippen molar-refractivity contribution in [1.82, 2.24) is 4.57 Å². The van der Waals surface area contributed by atoms with Gasteiger partial charge in [0.15, 0.2) is 0 Å². The third-order valence-electron chi connectivity index (χ3n) is 9.14. The Morgan fingerprint density at radius 3 is 1.65 bits per heavy atom. The molecule has 0 N–H and O–H groups in total. The summed E-state index contributed by atoms with van der Waals surface area (Å²) in [7, 11) is 0. The van der Waals surface area contributed by atoms with Gasteiger partial charge in [-0.25, -0.2) is 0 Å². The van der Waals surface area contributed by atoms with Crippen molar-refractivity contribution < 1.29 is 0 Å². The van der Waals surface area contributed by atoms with Crippen LogP contribution < -0.4 is 4.90 Å². The maximum Gasteiger partial charge on any atom is 0.0619 e. The molecular formula is C44H30N2. The average Bonchev–Trinajstić information content (AvgIpc) is 3.47. The van der Waals surface area contributed by atoms with Gasteiger partial charge >= 0.3 is 0 Å². The Hall–Kier alpha value is -6.12. The molecule has 46 heavy (non-hydrogen) atoms. The largest absolute Gasteiger partial charge is 0.309 e. The van der Waals surface area contributed by atoms with E-state index in [4.69, 9.17) is 0 Å². The number of hydrogen-bond donors (Lipinski definition) is 0. The SMILES string of the molecule is c1ccc(-c2cccc3c4ccccc4n(-c4cccc(N(c5cccc6ccccc56)c5cccc6ccccc56)c4)c23)cc1. The smallest absolute Gasteiger partial charge is 0.0619 e. The predicted molar refractivity (Wildman–Crippen MR) is 196 cm³/mol. The molecule has 0 spiro atoms. The molecule has 0 saturated carbocycles. The molecule has 2 nitrogen and oxygen atoms in total. The summed E-state index contributed by atoms with van der Waals surface area (Å²) in [5.41, 5.74) is 9.37. The molecule has 1 aromatic heterocycles. The van der Waals surface area contributed by atoms with Crippen LogP contribution in [0.25, 0.3) is 60.2 Å². The fraction of sp³-hybridized carbons (Fsp3) is 0. The molecule has 0 aliphatic rings. The quantitative estimate of drug-likeness (QED) is 0.195. The van der Waals surface area contributed by atoms with Gasteiger partial charge in [-0.15, -0.1) is 0 Å². The molecule has 0 aliphatic carbocycles. The lowest BCUT2D eigenvalue weighted by atomic mass is 10.0. The monoisotopic (exact) mass is 586 g/mol. The van der Waals surface area contributed by atoms with Crippen molar-refractivity contribution in [3.8, 4) is 16.8 Å². The summed E-state index contributed by atoms with van der Waals surface area (Å²) in [5.74, 6) is 0. The van der Waals surface area contributed by atoms with E-state index in [1.807, 2.05) is 0 Å². The second kappa shape index (κ2) is 10.8. The van der Waals surface area contributed by atoms with Crippen LogP contribution >= 0.6 is 0 Å². The van der Waals surface area contributed by atoms with E-state index in [0.717, 1.165) is 22.7 Å². The number of anilines is 3. The third kappa shape index (κ3) is 4.19. The minimum Gasteiger partial charge on any atom is -0.309 e. The molecule has 216 valence electrons. The zero-order valence-electron chi connectivity index (χ0n) is 25.2. The van der Waals surface area contributed by atoms with Crippen molar-refractivity contribution in [2.45, 2.75) is 0 Å². The van der Waals surface area contributed by atoms with Gasteiger partial charge in [-0.05, 0) is 52.7 Å². The Balaban J connectivity index is 1.35. The van der Waals surface area contributed by atoms with E-state index < -0.39 is 0 Å². The van der Waals surface area contributed by atoms with E-state index in [2.05, 4.69) is 191 Å². The summed E-state index contributed by atoms with van der Waals surface area (Å²) in [6.45, 7) is 0. The lowest BCUT2D eigenvalue weighted by Gasteiger charge is -2.28. The number of aromatic nitrogens is 1. The Morgan fingerprint density at radius 1 is 0.391 bits per heavy atom. The van der Waals surface area contributed by atoms with Crippen LogP contribution in [0.5, 0.6) is 0 Å². The van der Waals surface area contributed by atoms with Crippen molar-refractivity contribution in [1.29, 1.82) is 0 Å². The molecule has 0 fully saturated rings. The molecule has 2 heteroatoms. The summed E-state index contributed by atoms with van der Waals surface area (Å²) < 4.78 is 2.45. The molecule has 9 aromatic rings. The molecule has 0 saturated heterocycles. The van der Waals surface area contributed by atoms with E-state index in [1.54, 1.807) is 0 Å². The van der Waals surface area contributed by atoms with Crippen molar-refractivity contribution in [2.24, 2.45) is 0 Å². The van der Waals surface area contributed by atoms with E-state index in [1.165, 1.54) is 54.5 Å².